The zero-order valence-corrected chi connectivity index (χ0v) is 19.0. The lowest BCUT2D eigenvalue weighted by Gasteiger charge is -2.37. The Bertz CT molecular complexity index is 1560. The standard InChI is InChI=1S/C28H22N2O2S/c31-28-24(27-29-21-12-4-5-13-22(21)33-27)23(17-8-2-1-3-9-17)20-16-18-10-6-14-30-15-7-11-19(25(18)30)26(20)32-28/h1-5,8-9,12-13,16H,6-7,10-11,14-15H2. The molecule has 0 fully saturated rings. The molecule has 162 valence electrons. The molecule has 0 spiro atoms. The molecule has 7 rings (SSSR count). The maximum Gasteiger partial charge on any atom is 0.347 e. The normalized spacial score (nSPS) is 15.2. The molecule has 2 aromatic heterocycles. The molecule has 4 nitrogen and oxygen atoms in total. The molecule has 0 saturated heterocycles. The van der Waals surface area contributed by atoms with E-state index in [2.05, 4.69) is 29.2 Å². The lowest BCUT2D eigenvalue weighted by Crippen LogP contribution is -2.34. The van der Waals surface area contributed by atoms with Crippen molar-refractivity contribution in [3.63, 3.8) is 0 Å². The first kappa shape index (κ1) is 19.1. The average molecular weight is 451 g/mol. The van der Waals surface area contributed by atoms with E-state index < -0.39 is 0 Å². The summed E-state index contributed by atoms with van der Waals surface area (Å²) in [5.41, 5.74) is 7.82. The van der Waals surface area contributed by atoms with E-state index in [0.29, 0.717) is 5.56 Å². The summed E-state index contributed by atoms with van der Waals surface area (Å²) in [4.78, 5) is 21.0. The molecule has 0 amide bonds. The van der Waals surface area contributed by atoms with Gasteiger partial charge in [0.15, 0.2) is 0 Å². The number of anilines is 1. The number of nitrogens with zero attached hydrogens (tertiary/aromatic N) is 2. The Kier molecular flexibility index (Phi) is 4.21. The monoisotopic (exact) mass is 450 g/mol. The number of benzene rings is 3. The van der Waals surface area contributed by atoms with Crippen LogP contribution in [0.4, 0.5) is 5.69 Å². The lowest BCUT2D eigenvalue weighted by atomic mass is 9.87. The molecular formula is C28H22N2O2S. The largest absolute Gasteiger partial charge is 0.422 e. The van der Waals surface area contributed by atoms with Crippen LogP contribution in [0.2, 0.25) is 0 Å². The minimum Gasteiger partial charge on any atom is -0.422 e. The number of hydrogen-bond acceptors (Lipinski definition) is 5. The van der Waals surface area contributed by atoms with Gasteiger partial charge in [-0.1, -0.05) is 42.5 Å². The van der Waals surface area contributed by atoms with Gasteiger partial charge in [0.25, 0.3) is 0 Å². The van der Waals surface area contributed by atoms with Gasteiger partial charge in [0.1, 0.15) is 16.2 Å². The Morgan fingerprint density at radius 2 is 1.70 bits per heavy atom. The number of para-hydroxylation sites is 1. The zero-order valence-electron chi connectivity index (χ0n) is 18.1. The van der Waals surface area contributed by atoms with Crippen LogP contribution in [0.25, 0.3) is 42.9 Å². The molecule has 0 radical (unpaired) electrons. The van der Waals surface area contributed by atoms with E-state index >= 15 is 0 Å². The SMILES string of the molecule is O=c1oc2c3c4c(cc2c(-c2ccccc2)c1-c1nc2ccccc2s1)CCCN4CCC3. The van der Waals surface area contributed by atoms with Crippen molar-refractivity contribution in [1.29, 1.82) is 0 Å². The van der Waals surface area contributed by atoms with Crippen molar-refractivity contribution < 1.29 is 4.42 Å². The van der Waals surface area contributed by atoms with Gasteiger partial charge in [-0.3, -0.25) is 0 Å². The van der Waals surface area contributed by atoms with Crippen molar-refractivity contribution in [3.8, 4) is 21.7 Å². The second-order valence-corrected chi connectivity index (χ2v) is 9.96. The molecule has 3 aromatic carbocycles. The highest BCUT2D eigenvalue weighted by molar-refractivity contribution is 7.21. The van der Waals surface area contributed by atoms with Gasteiger partial charge in [-0.25, -0.2) is 9.78 Å². The molecule has 0 aliphatic carbocycles. The third kappa shape index (κ3) is 2.89. The topological polar surface area (TPSA) is 46.3 Å². The van der Waals surface area contributed by atoms with Gasteiger partial charge >= 0.3 is 5.63 Å². The van der Waals surface area contributed by atoms with Crippen LogP contribution in [0.1, 0.15) is 24.0 Å². The highest BCUT2D eigenvalue weighted by Gasteiger charge is 2.30. The number of hydrogen-bond donors (Lipinski definition) is 0. The molecule has 2 aliphatic rings. The molecule has 2 aliphatic heterocycles. The lowest BCUT2D eigenvalue weighted by molar-refractivity contribution is 0.552. The van der Waals surface area contributed by atoms with E-state index in [0.717, 1.165) is 69.7 Å². The molecule has 33 heavy (non-hydrogen) atoms. The van der Waals surface area contributed by atoms with Crippen LogP contribution in [0.15, 0.2) is 69.9 Å². The number of rotatable bonds is 2. The Labute approximate surface area is 195 Å². The number of thiazole rings is 1. The van der Waals surface area contributed by atoms with Crippen molar-refractivity contribution in [2.45, 2.75) is 25.7 Å². The predicted octanol–water partition coefficient (Wildman–Crippen LogP) is 6.44. The fourth-order valence-electron chi connectivity index (χ4n) is 5.59. The van der Waals surface area contributed by atoms with E-state index in [1.807, 2.05) is 36.4 Å². The Hall–Kier alpha value is -3.44. The molecule has 0 saturated carbocycles. The minimum absolute atomic E-state index is 0.301. The summed E-state index contributed by atoms with van der Waals surface area (Å²) in [6.45, 7) is 2.18. The van der Waals surface area contributed by atoms with Gasteiger partial charge in [-0.15, -0.1) is 11.3 Å². The van der Waals surface area contributed by atoms with E-state index in [1.54, 1.807) is 11.3 Å². The number of aromatic nitrogens is 1. The zero-order chi connectivity index (χ0) is 21.9. The first-order valence-electron chi connectivity index (χ1n) is 11.6. The van der Waals surface area contributed by atoms with E-state index in [1.165, 1.54) is 23.2 Å². The predicted molar refractivity (Wildman–Crippen MR) is 135 cm³/mol. The van der Waals surface area contributed by atoms with Crippen LogP contribution in [-0.2, 0) is 12.8 Å². The van der Waals surface area contributed by atoms with Crippen LogP contribution in [0.3, 0.4) is 0 Å². The Balaban J connectivity index is 1.62. The second-order valence-electron chi connectivity index (χ2n) is 8.93. The van der Waals surface area contributed by atoms with E-state index in [-0.39, 0.29) is 5.63 Å². The maximum absolute atomic E-state index is 13.6. The Morgan fingerprint density at radius 3 is 2.55 bits per heavy atom. The van der Waals surface area contributed by atoms with Crippen molar-refractivity contribution in [2.24, 2.45) is 0 Å². The van der Waals surface area contributed by atoms with Crippen LogP contribution >= 0.6 is 11.3 Å². The third-order valence-electron chi connectivity index (χ3n) is 6.96. The van der Waals surface area contributed by atoms with Gasteiger partial charge in [0, 0.05) is 35.3 Å². The van der Waals surface area contributed by atoms with E-state index in [4.69, 9.17) is 9.40 Å². The summed E-state index contributed by atoms with van der Waals surface area (Å²) < 4.78 is 7.23. The Morgan fingerprint density at radius 1 is 0.909 bits per heavy atom. The summed E-state index contributed by atoms with van der Waals surface area (Å²) >= 11 is 1.55. The fourth-order valence-corrected chi connectivity index (χ4v) is 6.60. The van der Waals surface area contributed by atoms with Crippen LogP contribution in [0, 0.1) is 0 Å². The molecule has 4 heterocycles. The van der Waals surface area contributed by atoms with E-state index in [9.17, 15) is 4.79 Å². The fraction of sp³-hybridized carbons (Fsp3) is 0.214. The highest BCUT2D eigenvalue weighted by atomic mass is 32.1. The number of aryl methyl sites for hydroxylation is 2. The molecule has 0 bridgehead atoms. The van der Waals surface area contributed by atoms with Crippen LogP contribution in [-0.4, -0.2) is 18.1 Å². The quantitative estimate of drug-likeness (QED) is 0.291. The molecule has 5 heteroatoms. The highest BCUT2D eigenvalue weighted by Crippen LogP contribution is 2.45. The first-order chi connectivity index (χ1) is 16.3. The van der Waals surface area contributed by atoms with Gasteiger partial charge in [-0.2, -0.15) is 0 Å². The second kappa shape index (κ2) is 7.29. The van der Waals surface area contributed by atoms with Crippen molar-refractivity contribution in [3.05, 3.63) is 82.2 Å². The van der Waals surface area contributed by atoms with Crippen molar-refractivity contribution in [2.75, 3.05) is 18.0 Å². The van der Waals surface area contributed by atoms with Crippen LogP contribution in [0.5, 0.6) is 0 Å². The van der Waals surface area contributed by atoms with Crippen molar-refractivity contribution >= 4 is 38.2 Å². The maximum atomic E-state index is 13.6. The van der Waals surface area contributed by atoms with Gasteiger partial charge < -0.3 is 9.32 Å². The summed E-state index contributed by atoms with van der Waals surface area (Å²) in [6.07, 6.45) is 4.28. The summed E-state index contributed by atoms with van der Waals surface area (Å²) in [7, 11) is 0. The molecule has 0 atom stereocenters. The van der Waals surface area contributed by atoms with Crippen LogP contribution < -0.4 is 10.5 Å². The smallest absolute Gasteiger partial charge is 0.347 e. The summed E-state index contributed by atoms with van der Waals surface area (Å²) in [5, 5.41) is 1.76. The first-order valence-corrected chi connectivity index (χ1v) is 12.4. The van der Waals surface area contributed by atoms with Gasteiger partial charge in [0.2, 0.25) is 0 Å². The van der Waals surface area contributed by atoms with Crippen molar-refractivity contribution in [1.82, 2.24) is 4.98 Å². The molecule has 0 unspecified atom stereocenters. The minimum atomic E-state index is -0.301. The molecular weight excluding hydrogens is 428 g/mol. The summed E-state index contributed by atoms with van der Waals surface area (Å²) in [5.74, 6) is 0. The van der Waals surface area contributed by atoms with Gasteiger partial charge in [0.05, 0.1) is 10.2 Å². The third-order valence-corrected chi connectivity index (χ3v) is 8.01. The number of fused-ring (bicyclic) bond motifs is 3. The van der Waals surface area contributed by atoms with Gasteiger partial charge in [-0.05, 0) is 55.0 Å². The summed E-state index contributed by atoms with van der Waals surface area (Å²) in [6, 6.07) is 20.6. The molecule has 5 aromatic rings. The average Bonchev–Trinajstić information content (AvgIpc) is 3.28. The molecule has 0 N–H and O–H groups in total.